The number of pyridine rings is 1. The Balaban J connectivity index is 2.22. The lowest BCUT2D eigenvalue weighted by Gasteiger charge is -2.31. The SMILES string of the molecule is CNC1CCCN(S(=O)(=O)c2ccc(C)cn2)C1. The van der Waals surface area contributed by atoms with Crippen LogP contribution >= 0.6 is 0 Å². The summed E-state index contributed by atoms with van der Waals surface area (Å²) in [5, 5.41) is 3.28. The predicted molar refractivity (Wildman–Crippen MR) is 69.8 cm³/mol. The van der Waals surface area contributed by atoms with Crippen molar-refractivity contribution in [3.63, 3.8) is 0 Å². The molecule has 0 amide bonds. The molecule has 1 unspecified atom stereocenters. The van der Waals surface area contributed by atoms with Gasteiger partial charge in [-0.05, 0) is 38.4 Å². The Bertz CT molecular complexity index is 499. The molecule has 0 spiro atoms. The fourth-order valence-electron chi connectivity index (χ4n) is 2.14. The van der Waals surface area contributed by atoms with Crippen LogP contribution in [0.3, 0.4) is 0 Å². The van der Waals surface area contributed by atoms with Crippen molar-refractivity contribution >= 4 is 10.0 Å². The monoisotopic (exact) mass is 269 g/mol. The first-order valence-corrected chi connectivity index (χ1v) is 7.58. The molecule has 1 aromatic heterocycles. The van der Waals surface area contributed by atoms with Crippen molar-refractivity contribution in [2.75, 3.05) is 20.1 Å². The zero-order valence-electron chi connectivity index (χ0n) is 10.8. The van der Waals surface area contributed by atoms with Gasteiger partial charge in [-0.1, -0.05) is 6.07 Å². The average Bonchev–Trinajstić information content (AvgIpc) is 2.39. The Morgan fingerprint density at radius 1 is 1.44 bits per heavy atom. The van der Waals surface area contributed by atoms with Gasteiger partial charge in [0.2, 0.25) is 0 Å². The number of piperidine rings is 1. The fraction of sp³-hybridized carbons (Fsp3) is 0.583. The van der Waals surface area contributed by atoms with E-state index in [2.05, 4.69) is 10.3 Å². The van der Waals surface area contributed by atoms with E-state index in [1.54, 1.807) is 18.3 Å². The highest BCUT2D eigenvalue weighted by atomic mass is 32.2. The van der Waals surface area contributed by atoms with E-state index in [9.17, 15) is 8.42 Å². The van der Waals surface area contributed by atoms with Crippen molar-refractivity contribution in [2.45, 2.75) is 30.8 Å². The molecule has 1 atom stereocenters. The highest BCUT2D eigenvalue weighted by Gasteiger charge is 2.30. The highest BCUT2D eigenvalue weighted by molar-refractivity contribution is 7.89. The minimum Gasteiger partial charge on any atom is -0.316 e. The van der Waals surface area contributed by atoms with Crippen molar-refractivity contribution in [1.82, 2.24) is 14.6 Å². The zero-order chi connectivity index (χ0) is 13.2. The van der Waals surface area contributed by atoms with E-state index in [1.807, 2.05) is 14.0 Å². The first kappa shape index (κ1) is 13.5. The van der Waals surface area contributed by atoms with Crippen LogP contribution in [0, 0.1) is 6.92 Å². The largest absolute Gasteiger partial charge is 0.316 e. The summed E-state index contributed by atoms with van der Waals surface area (Å²) in [7, 11) is -1.57. The molecule has 1 N–H and O–H groups in total. The third kappa shape index (κ3) is 2.71. The van der Waals surface area contributed by atoms with Crippen molar-refractivity contribution < 1.29 is 8.42 Å². The maximum absolute atomic E-state index is 12.4. The molecule has 2 heterocycles. The number of nitrogens with one attached hydrogen (secondary N) is 1. The molecule has 1 aliphatic rings. The molecule has 1 fully saturated rings. The highest BCUT2D eigenvalue weighted by Crippen LogP contribution is 2.19. The maximum atomic E-state index is 12.4. The van der Waals surface area contributed by atoms with Crippen LogP contribution in [0.25, 0.3) is 0 Å². The third-order valence-electron chi connectivity index (χ3n) is 3.28. The number of hydrogen-bond donors (Lipinski definition) is 1. The van der Waals surface area contributed by atoms with Crippen LogP contribution in [-0.2, 0) is 10.0 Å². The third-order valence-corrected chi connectivity index (χ3v) is 5.06. The van der Waals surface area contributed by atoms with Crippen LogP contribution in [-0.4, -0.2) is 43.9 Å². The van der Waals surface area contributed by atoms with E-state index in [1.165, 1.54) is 4.31 Å². The number of nitrogens with zero attached hydrogens (tertiary/aromatic N) is 2. The summed E-state index contributed by atoms with van der Waals surface area (Å²) in [5.74, 6) is 0. The lowest BCUT2D eigenvalue weighted by molar-refractivity contribution is 0.292. The Morgan fingerprint density at radius 2 is 2.22 bits per heavy atom. The zero-order valence-corrected chi connectivity index (χ0v) is 11.6. The van der Waals surface area contributed by atoms with Crippen molar-refractivity contribution in [3.05, 3.63) is 23.9 Å². The quantitative estimate of drug-likeness (QED) is 0.880. The van der Waals surface area contributed by atoms with Gasteiger partial charge in [0.25, 0.3) is 10.0 Å². The lowest BCUT2D eigenvalue weighted by atomic mass is 10.1. The molecule has 18 heavy (non-hydrogen) atoms. The summed E-state index contributed by atoms with van der Waals surface area (Å²) in [4.78, 5) is 4.03. The number of likely N-dealkylation sites (N-methyl/N-ethyl adjacent to an activating group) is 1. The maximum Gasteiger partial charge on any atom is 0.260 e. The molecule has 100 valence electrons. The van der Waals surface area contributed by atoms with Crippen LogP contribution in [0.2, 0.25) is 0 Å². The van der Waals surface area contributed by atoms with Crippen LogP contribution < -0.4 is 5.32 Å². The summed E-state index contributed by atoms with van der Waals surface area (Å²) in [5.41, 5.74) is 0.959. The molecule has 5 nitrogen and oxygen atoms in total. The fourth-order valence-corrected chi connectivity index (χ4v) is 3.57. The van der Waals surface area contributed by atoms with Crippen molar-refractivity contribution in [1.29, 1.82) is 0 Å². The second-order valence-corrected chi connectivity index (χ2v) is 6.55. The molecule has 1 aromatic rings. The minimum absolute atomic E-state index is 0.143. The van der Waals surface area contributed by atoms with E-state index >= 15 is 0 Å². The average molecular weight is 269 g/mol. The van der Waals surface area contributed by atoms with Crippen LogP contribution in [0.5, 0.6) is 0 Å². The van der Waals surface area contributed by atoms with Crippen LogP contribution in [0.4, 0.5) is 0 Å². The van der Waals surface area contributed by atoms with Gasteiger partial charge < -0.3 is 5.32 Å². The van der Waals surface area contributed by atoms with Crippen molar-refractivity contribution in [3.8, 4) is 0 Å². The standard InChI is InChI=1S/C12H19N3O2S/c1-10-5-6-12(14-8-10)18(16,17)15-7-3-4-11(9-15)13-2/h5-6,8,11,13H,3-4,7,9H2,1-2H3. The Morgan fingerprint density at radius 3 is 2.83 bits per heavy atom. The van der Waals surface area contributed by atoms with Gasteiger partial charge in [0, 0.05) is 25.3 Å². The second-order valence-electron chi connectivity index (χ2n) is 4.66. The molecular formula is C12H19N3O2S. The van der Waals surface area contributed by atoms with E-state index in [0.717, 1.165) is 18.4 Å². The van der Waals surface area contributed by atoms with Gasteiger partial charge in [0.15, 0.2) is 5.03 Å². The van der Waals surface area contributed by atoms with Gasteiger partial charge >= 0.3 is 0 Å². The molecule has 2 rings (SSSR count). The van der Waals surface area contributed by atoms with Gasteiger partial charge in [-0.25, -0.2) is 13.4 Å². The normalized spacial score (nSPS) is 22.0. The van der Waals surface area contributed by atoms with Gasteiger partial charge in [-0.2, -0.15) is 4.31 Å². The van der Waals surface area contributed by atoms with Crippen LogP contribution in [0.1, 0.15) is 18.4 Å². The molecular weight excluding hydrogens is 250 g/mol. The summed E-state index contributed by atoms with van der Waals surface area (Å²) < 4.78 is 26.3. The molecule has 0 saturated carbocycles. The molecule has 0 aliphatic carbocycles. The van der Waals surface area contributed by atoms with Gasteiger partial charge in [0.1, 0.15) is 0 Å². The Hall–Kier alpha value is -0.980. The Kier molecular flexibility index (Phi) is 3.99. The minimum atomic E-state index is -3.44. The molecule has 0 aromatic carbocycles. The second kappa shape index (κ2) is 5.34. The molecule has 1 aliphatic heterocycles. The lowest BCUT2D eigenvalue weighted by Crippen LogP contribution is -2.47. The summed E-state index contributed by atoms with van der Waals surface area (Å²) in [6, 6.07) is 3.59. The molecule has 0 radical (unpaired) electrons. The summed E-state index contributed by atoms with van der Waals surface area (Å²) in [6.07, 6.45) is 3.49. The molecule has 6 heteroatoms. The van der Waals surface area contributed by atoms with E-state index in [0.29, 0.717) is 13.1 Å². The number of aromatic nitrogens is 1. The van der Waals surface area contributed by atoms with Gasteiger partial charge in [-0.3, -0.25) is 0 Å². The number of rotatable bonds is 3. The van der Waals surface area contributed by atoms with Gasteiger partial charge in [-0.15, -0.1) is 0 Å². The summed E-state index contributed by atoms with van der Waals surface area (Å²) >= 11 is 0. The number of aryl methyl sites for hydroxylation is 1. The number of sulfonamides is 1. The first-order chi connectivity index (χ1) is 8.54. The Labute approximate surface area is 108 Å². The van der Waals surface area contributed by atoms with E-state index < -0.39 is 10.0 Å². The predicted octanol–water partition coefficient (Wildman–Crippen LogP) is 0.763. The van der Waals surface area contributed by atoms with Crippen molar-refractivity contribution in [2.24, 2.45) is 0 Å². The van der Waals surface area contributed by atoms with Crippen LogP contribution in [0.15, 0.2) is 23.4 Å². The topological polar surface area (TPSA) is 62.3 Å². The molecule has 0 bridgehead atoms. The summed E-state index contributed by atoms with van der Waals surface area (Å²) in [6.45, 7) is 2.99. The van der Waals surface area contributed by atoms with E-state index in [-0.39, 0.29) is 11.1 Å². The smallest absolute Gasteiger partial charge is 0.260 e. The number of hydrogen-bond acceptors (Lipinski definition) is 4. The molecule has 1 saturated heterocycles. The van der Waals surface area contributed by atoms with E-state index in [4.69, 9.17) is 0 Å². The first-order valence-electron chi connectivity index (χ1n) is 6.14. The van der Waals surface area contributed by atoms with Gasteiger partial charge in [0.05, 0.1) is 0 Å².